The fraction of sp³-hybridized carbons (Fsp3) is 0.838. The molecule has 0 saturated carbocycles. The number of amides is 1. The van der Waals surface area contributed by atoms with E-state index in [1.807, 2.05) is 27.2 Å². The van der Waals surface area contributed by atoms with Crippen LogP contribution in [0.1, 0.15) is 316 Å². The number of carbonyl (C=O) groups excluding carboxylic acids is 1. The Morgan fingerprint density at radius 3 is 1.12 bits per heavy atom. The minimum atomic E-state index is -4.37. The molecule has 0 bridgehead atoms. The Hall–Kier alpha value is -1.80. The number of phosphoric ester groups is 1. The molecule has 0 aromatic carbocycles. The van der Waals surface area contributed by atoms with Crippen LogP contribution in [0.25, 0.3) is 0 Å². The van der Waals surface area contributed by atoms with Crippen LogP contribution in [-0.2, 0) is 18.4 Å². The summed E-state index contributed by atoms with van der Waals surface area (Å²) >= 11 is 0. The van der Waals surface area contributed by atoms with Crippen molar-refractivity contribution < 1.29 is 32.9 Å². The van der Waals surface area contributed by atoms with Crippen LogP contribution in [0.15, 0.2) is 60.8 Å². The molecule has 0 fully saturated rings. The number of unbranched alkanes of at least 4 members (excludes halogenated alkanes) is 40. The maximum absolute atomic E-state index is 13.0. The molecule has 0 heterocycles. The quantitative estimate of drug-likeness (QED) is 0.0243. The molecule has 8 nitrogen and oxygen atoms in total. The lowest BCUT2D eigenvalue weighted by atomic mass is 10.0. The van der Waals surface area contributed by atoms with Gasteiger partial charge in [0, 0.05) is 6.42 Å². The first-order valence-electron chi connectivity index (χ1n) is 33.2. The summed E-state index contributed by atoms with van der Waals surface area (Å²) in [4.78, 5) is 23.4. The van der Waals surface area contributed by atoms with Crippen LogP contribution in [-0.4, -0.2) is 73.4 Å². The minimum Gasteiger partial charge on any atom is -0.387 e. The van der Waals surface area contributed by atoms with Gasteiger partial charge in [0.05, 0.1) is 39.9 Å². The Bertz CT molecular complexity index is 1440. The molecule has 0 rings (SSSR count). The van der Waals surface area contributed by atoms with Gasteiger partial charge in [0.2, 0.25) is 5.91 Å². The van der Waals surface area contributed by atoms with Gasteiger partial charge in [0.25, 0.3) is 0 Å². The number of quaternary nitrogens is 1. The summed E-state index contributed by atoms with van der Waals surface area (Å²) in [6.45, 7) is 4.81. The van der Waals surface area contributed by atoms with Gasteiger partial charge >= 0.3 is 7.82 Å². The number of rotatable bonds is 61. The van der Waals surface area contributed by atoms with Gasteiger partial charge < -0.3 is 19.8 Å². The molecular formula is C68H130N2O6P+. The second-order valence-corrected chi connectivity index (χ2v) is 25.3. The third-order valence-corrected chi connectivity index (χ3v) is 15.9. The van der Waals surface area contributed by atoms with E-state index in [1.54, 1.807) is 6.08 Å². The van der Waals surface area contributed by atoms with E-state index >= 15 is 0 Å². The molecule has 3 N–H and O–H groups in total. The molecular weight excluding hydrogens is 972 g/mol. The number of nitrogens with one attached hydrogen (secondary N) is 1. The number of phosphoric acid groups is 1. The fourth-order valence-corrected chi connectivity index (χ4v) is 10.5. The number of likely N-dealkylation sites (N-methyl/N-ethyl adjacent to an activating group) is 1. The lowest BCUT2D eigenvalue weighted by Gasteiger charge is -2.25. The predicted molar refractivity (Wildman–Crippen MR) is 337 cm³/mol. The monoisotopic (exact) mass is 1100 g/mol. The van der Waals surface area contributed by atoms with Crippen molar-refractivity contribution in [1.82, 2.24) is 5.32 Å². The predicted octanol–water partition coefficient (Wildman–Crippen LogP) is 20.8. The average molecular weight is 1100 g/mol. The normalized spacial score (nSPS) is 14.1. The highest BCUT2D eigenvalue weighted by molar-refractivity contribution is 7.47. The standard InChI is InChI=1S/C68H129N2O6P/c1-6-8-10-12-14-16-18-20-22-24-26-28-30-32-33-34-35-36-38-39-41-43-45-47-49-51-53-55-57-59-61-67(71)66(65-76-77(73,74)75-64-63-70(3,4)5)69-68(72)62-60-58-56-54-52-50-48-46-44-42-40-37-31-29-27-25-23-21-19-17-15-13-11-9-7-2/h19,21,25,27,43,45,51,53,59,61,66-67,71H,6-18,20,22-24,26,28-42,44,46-50,52,54-58,60,62-65H2,1-5H3,(H-,69,72,73,74)/p+1/b21-19-,27-25-,45-43+,53-51+,61-59+. The maximum atomic E-state index is 13.0. The highest BCUT2D eigenvalue weighted by atomic mass is 31.2. The van der Waals surface area contributed by atoms with Gasteiger partial charge in [0.1, 0.15) is 13.2 Å². The van der Waals surface area contributed by atoms with Crippen molar-refractivity contribution in [2.75, 3.05) is 40.9 Å². The van der Waals surface area contributed by atoms with E-state index in [4.69, 9.17) is 9.05 Å². The molecule has 0 aliphatic carbocycles. The van der Waals surface area contributed by atoms with Gasteiger partial charge in [-0.15, -0.1) is 0 Å². The van der Waals surface area contributed by atoms with Gasteiger partial charge in [-0.3, -0.25) is 13.8 Å². The number of hydrogen-bond acceptors (Lipinski definition) is 5. The van der Waals surface area contributed by atoms with Gasteiger partial charge in [-0.25, -0.2) is 4.57 Å². The molecule has 0 radical (unpaired) electrons. The van der Waals surface area contributed by atoms with Gasteiger partial charge in [-0.05, 0) is 77.0 Å². The molecule has 0 spiro atoms. The lowest BCUT2D eigenvalue weighted by Crippen LogP contribution is -2.45. The van der Waals surface area contributed by atoms with Gasteiger partial charge in [-0.2, -0.15) is 0 Å². The zero-order chi connectivity index (χ0) is 56.3. The number of allylic oxidation sites excluding steroid dienone is 9. The van der Waals surface area contributed by atoms with Crippen LogP contribution in [0.5, 0.6) is 0 Å². The van der Waals surface area contributed by atoms with E-state index in [-0.39, 0.29) is 19.1 Å². The van der Waals surface area contributed by atoms with Crippen molar-refractivity contribution in [1.29, 1.82) is 0 Å². The molecule has 3 atom stereocenters. The van der Waals surface area contributed by atoms with Crippen molar-refractivity contribution in [2.24, 2.45) is 0 Å². The molecule has 452 valence electrons. The van der Waals surface area contributed by atoms with Crippen LogP contribution in [0.3, 0.4) is 0 Å². The zero-order valence-electron chi connectivity index (χ0n) is 51.7. The van der Waals surface area contributed by atoms with Crippen molar-refractivity contribution >= 4 is 13.7 Å². The van der Waals surface area contributed by atoms with E-state index in [9.17, 15) is 19.4 Å². The molecule has 0 aliphatic rings. The summed E-state index contributed by atoms with van der Waals surface area (Å²) in [7, 11) is 1.55. The lowest BCUT2D eigenvalue weighted by molar-refractivity contribution is -0.870. The fourth-order valence-electron chi connectivity index (χ4n) is 9.75. The van der Waals surface area contributed by atoms with E-state index in [0.717, 1.165) is 51.4 Å². The Morgan fingerprint density at radius 2 is 0.753 bits per heavy atom. The first-order chi connectivity index (χ1) is 37.5. The zero-order valence-corrected chi connectivity index (χ0v) is 52.6. The van der Waals surface area contributed by atoms with Crippen LogP contribution >= 0.6 is 7.82 Å². The number of hydrogen-bond donors (Lipinski definition) is 3. The van der Waals surface area contributed by atoms with E-state index < -0.39 is 20.0 Å². The number of nitrogens with zero attached hydrogens (tertiary/aromatic N) is 1. The van der Waals surface area contributed by atoms with E-state index in [0.29, 0.717) is 17.4 Å². The summed E-state index contributed by atoms with van der Waals surface area (Å²) in [6, 6.07) is -0.874. The largest absolute Gasteiger partial charge is 0.472 e. The number of aliphatic hydroxyl groups excluding tert-OH is 1. The SMILES string of the molecule is CCCCCCC/C=C\C/C=C\CCCCCCCCCCCCCCCC(=O)NC(COP(=O)(O)OCC[N+](C)(C)C)C(O)/C=C/CC/C=C/CC/C=C/CCCCCCCCCCCCCCCCCCCCCC. The summed E-state index contributed by atoms with van der Waals surface area (Å²) in [5.74, 6) is -0.189. The third kappa shape index (κ3) is 61.7. The average Bonchev–Trinajstić information content (AvgIpc) is 3.39. The molecule has 0 aliphatic heterocycles. The first-order valence-corrected chi connectivity index (χ1v) is 34.7. The van der Waals surface area contributed by atoms with Gasteiger partial charge in [0.15, 0.2) is 0 Å². The highest BCUT2D eigenvalue weighted by Gasteiger charge is 2.28. The maximum Gasteiger partial charge on any atom is 0.472 e. The Labute approximate surface area is 479 Å². The third-order valence-electron chi connectivity index (χ3n) is 14.9. The topological polar surface area (TPSA) is 105 Å². The van der Waals surface area contributed by atoms with Crippen molar-refractivity contribution in [3.63, 3.8) is 0 Å². The molecule has 0 saturated heterocycles. The van der Waals surface area contributed by atoms with Crippen molar-refractivity contribution in [3.05, 3.63) is 60.8 Å². The Morgan fingerprint density at radius 1 is 0.442 bits per heavy atom. The smallest absolute Gasteiger partial charge is 0.387 e. The first kappa shape index (κ1) is 75.2. The summed E-state index contributed by atoms with van der Waals surface area (Å²) in [6.07, 6.45) is 80.7. The second kappa shape index (κ2) is 58.8. The summed E-state index contributed by atoms with van der Waals surface area (Å²) in [5, 5.41) is 14.0. The molecule has 0 aromatic rings. The van der Waals surface area contributed by atoms with Crippen LogP contribution in [0.2, 0.25) is 0 Å². The molecule has 1 amide bonds. The molecule has 3 unspecified atom stereocenters. The van der Waals surface area contributed by atoms with Crippen LogP contribution < -0.4 is 5.32 Å². The van der Waals surface area contributed by atoms with Crippen molar-refractivity contribution in [2.45, 2.75) is 328 Å². The number of carbonyl (C=O) groups is 1. The summed E-state index contributed by atoms with van der Waals surface area (Å²) < 4.78 is 23.8. The Balaban J connectivity index is 4.18. The van der Waals surface area contributed by atoms with E-state index in [1.165, 1.54) is 244 Å². The summed E-state index contributed by atoms with van der Waals surface area (Å²) in [5.41, 5.74) is 0. The molecule has 0 aromatic heterocycles. The van der Waals surface area contributed by atoms with Crippen LogP contribution in [0, 0.1) is 0 Å². The highest BCUT2D eigenvalue weighted by Crippen LogP contribution is 2.43. The molecule has 9 heteroatoms. The van der Waals surface area contributed by atoms with Crippen LogP contribution in [0.4, 0.5) is 0 Å². The molecule has 77 heavy (non-hydrogen) atoms. The minimum absolute atomic E-state index is 0.0524. The number of aliphatic hydroxyl groups is 1. The second-order valence-electron chi connectivity index (χ2n) is 23.8. The Kier molecular flexibility index (Phi) is 57.5. The van der Waals surface area contributed by atoms with Gasteiger partial charge in [-0.1, -0.05) is 293 Å². The van der Waals surface area contributed by atoms with Crippen molar-refractivity contribution in [3.8, 4) is 0 Å². The van der Waals surface area contributed by atoms with E-state index in [2.05, 4.69) is 67.8 Å².